The lowest BCUT2D eigenvalue weighted by atomic mass is 10.0. The van der Waals surface area contributed by atoms with Gasteiger partial charge in [-0.15, -0.1) is 0 Å². The van der Waals surface area contributed by atoms with Gasteiger partial charge in [0.1, 0.15) is 0 Å². The highest BCUT2D eigenvalue weighted by Crippen LogP contribution is 2.17. The van der Waals surface area contributed by atoms with Crippen LogP contribution in [0.1, 0.15) is 18.9 Å². The lowest BCUT2D eigenvalue weighted by molar-refractivity contribution is 0.201. The zero-order valence-corrected chi connectivity index (χ0v) is 9.27. The molecule has 0 saturated heterocycles. The summed E-state index contributed by atoms with van der Waals surface area (Å²) in [6, 6.07) is 14.3. The Morgan fingerprint density at radius 3 is 2.69 bits per heavy atom. The number of hydrogen-bond acceptors (Lipinski definition) is 1. The molecular weight excluding hydrogens is 196 g/mol. The Morgan fingerprint density at radius 2 is 1.88 bits per heavy atom. The molecule has 1 unspecified atom stereocenters. The van der Waals surface area contributed by atoms with E-state index in [4.69, 9.17) is 5.11 Å². The predicted molar refractivity (Wildman–Crippen MR) is 67.1 cm³/mol. The van der Waals surface area contributed by atoms with Crippen LogP contribution in [0.4, 0.5) is 0 Å². The second-order valence-electron chi connectivity index (χ2n) is 3.88. The molecule has 1 heteroatoms. The van der Waals surface area contributed by atoms with E-state index in [9.17, 15) is 0 Å². The monoisotopic (exact) mass is 210 g/mol. The molecule has 1 atom stereocenters. The third-order valence-corrected chi connectivity index (χ3v) is 2.41. The highest BCUT2D eigenvalue weighted by molar-refractivity contribution is 5.88. The van der Waals surface area contributed by atoms with Crippen molar-refractivity contribution in [3.05, 3.63) is 48.0 Å². The maximum absolute atomic E-state index is 9.14. The molecule has 0 radical (unpaired) electrons. The molecule has 0 aliphatic carbocycles. The molecule has 80 valence electrons. The highest BCUT2D eigenvalue weighted by Gasteiger charge is 1.96. The van der Waals surface area contributed by atoms with Crippen molar-refractivity contribution in [1.29, 1.82) is 0 Å². The van der Waals surface area contributed by atoms with E-state index in [-0.39, 0.29) is 6.10 Å². The fourth-order valence-corrected chi connectivity index (χ4v) is 1.63. The Kier molecular flexibility index (Phi) is 3.24. The molecule has 0 spiro atoms. The van der Waals surface area contributed by atoms with E-state index in [0.717, 1.165) is 5.56 Å². The summed E-state index contributed by atoms with van der Waals surface area (Å²) in [7, 11) is 0. The molecule has 0 aromatic heterocycles. The first-order chi connectivity index (χ1) is 7.77. The zero-order valence-electron chi connectivity index (χ0n) is 9.27. The van der Waals surface area contributed by atoms with Gasteiger partial charge in [0, 0.05) is 12.0 Å². The van der Waals surface area contributed by atoms with E-state index in [0.29, 0.717) is 6.42 Å². The molecule has 1 nitrogen and oxygen atoms in total. The first kappa shape index (κ1) is 10.7. The van der Waals surface area contributed by atoms with Gasteiger partial charge >= 0.3 is 0 Å². The van der Waals surface area contributed by atoms with Crippen molar-refractivity contribution >= 4 is 10.8 Å². The Balaban J connectivity index is 2.40. The van der Waals surface area contributed by atoms with Crippen molar-refractivity contribution in [3.63, 3.8) is 0 Å². The van der Waals surface area contributed by atoms with Crippen LogP contribution in [0.25, 0.3) is 10.8 Å². The molecule has 2 aromatic rings. The van der Waals surface area contributed by atoms with Crippen molar-refractivity contribution < 1.29 is 5.11 Å². The average molecular weight is 210 g/mol. The molecule has 0 aliphatic heterocycles. The molecule has 0 bridgehead atoms. The van der Waals surface area contributed by atoms with E-state index in [1.807, 2.05) is 24.3 Å². The van der Waals surface area contributed by atoms with Crippen molar-refractivity contribution in [2.75, 3.05) is 0 Å². The first-order valence-electron chi connectivity index (χ1n) is 5.42. The van der Waals surface area contributed by atoms with Gasteiger partial charge in [-0.05, 0) is 23.8 Å². The minimum atomic E-state index is -0.359. The van der Waals surface area contributed by atoms with E-state index in [2.05, 4.69) is 30.0 Å². The van der Waals surface area contributed by atoms with Crippen molar-refractivity contribution in [2.24, 2.45) is 0 Å². The summed E-state index contributed by atoms with van der Waals surface area (Å²) in [5.74, 6) is 6.10. The third-order valence-electron chi connectivity index (χ3n) is 2.41. The topological polar surface area (TPSA) is 20.2 Å². The van der Waals surface area contributed by atoms with Gasteiger partial charge in [-0.25, -0.2) is 0 Å². The minimum Gasteiger partial charge on any atom is -0.392 e. The number of hydrogen-bond donors (Lipinski definition) is 1. The molecule has 0 heterocycles. The maximum Gasteiger partial charge on any atom is 0.0621 e. The summed E-state index contributed by atoms with van der Waals surface area (Å²) < 4.78 is 0. The van der Waals surface area contributed by atoms with Gasteiger partial charge in [-0.3, -0.25) is 0 Å². The van der Waals surface area contributed by atoms with Crippen LogP contribution in [0.15, 0.2) is 42.5 Å². The number of fused-ring (bicyclic) bond motifs is 1. The first-order valence-corrected chi connectivity index (χ1v) is 5.42. The Bertz CT molecular complexity index is 539. The van der Waals surface area contributed by atoms with E-state index in [1.54, 1.807) is 6.92 Å². The summed E-state index contributed by atoms with van der Waals surface area (Å²) in [4.78, 5) is 0. The number of aliphatic hydroxyl groups excluding tert-OH is 1. The van der Waals surface area contributed by atoms with Crippen molar-refractivity contribution in [2.45, 2.75) is 19.4 Å². The van der Waals surface area contributed by atoms with Crippen molar-refractivity contribution in [3.8, 4) is 11.8 Å². The van der Waals surface area contributed by atoms with E-state index < -0.39 is 0 Å². The molecule has 16 heavy (non-hydrogen) atoms. The van der Waals surface area contributed by atoms with Gasteiger partial charge in [0.2, 0.25) is 0 Å². The van der Waals surface area contributed by atoms with Crippen LogP contribution in [0.3, 0.4) is 0 Å². The molecule has 0 amide bonds. The maximum atomic E-state index is 9.14. The lowest BCUT2D eigenvalue weighted by Gasteiger charge is -1.99. The number of benzene rings is 2. The SMILES string of the molecule is CC(O)CC#Cc1cccc2ccccc12. The van der Waals surface area contributed by atoms with Crippen LogP contribution in [-0.4, -0.2) is 11.2 Å². The van der Waals surface area contributed by atoms with Crippen LogP contribution < -0.4 is 0 Å². The highest BCUT2D eigenvalue weighted by atomic mass is 16.3. The molecule has 0 saturated carbocycles. The van der Waals surface area contributed by atoms with Crippen LogP contribution >= 0.6 is 0 Å². The van der Waals surface area contributed by atoms with Gasteiger partial charge in [0.15, 0.2) is 0 Å². The Morgan fingerprint density at radius 1 is 1.12 bits per heavy atom. The summed E-state index contributed by atoms with van der Waals surface area (Å²) in [6.45, 7) is 1.75. The lowest BCUT2D eigenvalue weighted by Crippen LogP contribution is -1.95. The summed E-state index contributed by atoms with van der Waals surface area (Å²) in [5.41, 5.74) is 1.03. The summed E-state index contributed by atoms with van der Waals surface area (Å²) in [5, 5.41) is 11.5. The zero-order chi connectivity index (χ0) is 11.4. The van der Waals surface area contributed by atoms with Gasteiger partial charge < -0.3 is 5.11 Å². The molecule has 0 aliphatic rings. The number of aliphatic hydroxyl groups is 1. The minimum absolute atomic E-state index is 0.359. The predicted octanol–water partition coefficient (Wildman–Crippen LogP) is 2.96. The molecule has 2 aromatic carbocycles. The fourth-order valence-electron chi connectivity index (χ4n) is 1.63. The van der Waals surface area contributed by atoms with Gasteiger partial charge in [-0.1, -0.05) is 48.2 Å². The van der Waals surface area contributed by atoms with Crippen molar-refractivity contribution in [1.82, 2.24) is 0 Å². The van der Waals surface area contributed by atoms with Gasteiger partial charge in [-0.2, -0.15) is 0 Å². The summed E-state index contributed by atoms with van der Waals surface area (Å²) >= 11 is 0. The fraction of sp³-hybridized carbons (Fsp3) is 0.200. The molecule has 1 N–H and O–H groups in total. The normalized spacial score (nSPS) is 11.9. The average Bonchev–Trinajstić information content (AvgIpc) is 2.29. The van der Waals surface area contributed by atoms with Crippen LogP contribution in [0.5, 0.6) is 0 Å². The van der Waals surface area contributed by atoms with Crippen LogP contribution in [0, 0.1) is 11.8 Å². The van der Waals surface area contributed by atoms with Crippen LogP contribution in [-0.2, 0) is 0 Å². The van der Waals surface area contributed by atoms with E-state index in [1.165, 1.54) is 10.8 Å². The summed E-state index contributed by atoms with van der Waals surface area (Å²) in [6.07, 6.45) is 0.158. The Labute approximate surface area is 95.7 Å². The third kappa shape index (κ3) is 2.42. The molecular formula is C15H14O. The van der Waals surface area contributed by atoms with Gasteiger partial charge in [0.25, 0.3) is 0 Å². The number of rotatable bonds is 1. The smallest absolute Gasteiger partial charge is 0.0621 e. The van der Waals surface area contributed by atoms with E-state index >= 15 is 0 Å². The van der Waals surface area contributed by atoms with Crippen LogP contribution in [0.2, 0.25) is 0 Å². The second kappa shape index (κ2) is 4.83. The second-order valence-corrected chi connectivity index (χ2v) is 3.88. The standard InChI is InChI=1S/C15H14O/c1-12(16)6-4-8-14-10-5-9-13-7-2-3-11-15(13)14/h2-3,5,7,9-12,16H,6H2,1H3. The Hall–Kier alpha value is -1.78. The van der Waals surface area contributed by atoms with Gasteiger partial charge in [0.05, 0.1) is 6.10 Å². The molecule has 0 fully saturated rings. The quantitative estimate of drug-likeness (QED) is 0.717. The largest absolute Gasteiger partial charge is 0.392 e. The molecule has 2 rings (SSSR count).